The van der Waals surface area contributed by atoms with Crippen molar-refractivity contribution in [2.45, 2.75) is 70.9 Å². The summed E-state index contributed by atoms with van der Waals surface area (Å²) in [5, 5.41) is 3.18. The second-order valence-corrected chi connectivity index (χ2v) is 5.92. The van der Waals surface area contributed by atoms with Gasteiger partial charge in [0.25, 0.3) is 0 Å². The molecular weight excluding hydrogens is 274 g/mol. The minimum absolute atomic E-state index is 0.0913. The molecule has 1 aromatic carbocycles. The molecule has 0 aliphatic rings. The quantitative estimate of drug-likeness (QED) is 0.478. The van der Waals surface area contributed by atoms with Gasteiger partial charge < -0.3 is 10.1 Å². The van der Waals surface area contributed by atoms with Crippen molar-refractivity contribution < 1.29 is 9.53 Å². The van der Waals surface area contributed by atoms with Crippen molar-refractivity contribution in [2.24, 2.45) is 0 Å². The summed E-state index contributed by atoms with van der Waals surface area (Å²) in [6.07, 6.45) is 7.38. The number of hydrogen-bond donors (Lipinski definition) is 1. The Balaban J connectivity index is 2.40. The lowest BCUT2D eigenvalue weighted by atomic mass is 10.0. The SMILES string of the molecule is CCCCCCCCC(=O)O[C@@H](c1ccccc1)[C@@H](C)NC. The van der Waals surface area contributed by atoms with Gasteiger partial charge in [0.15, 0.2) is 0 Å². The van der Waals surface area contributed by atoms with Crippen LogP contribution in [0.15, 0.2) is 30.3 Å². The van der Waals surface area contributed by atoms with Gasteiger partial charge in [0.05, 0.1) is 0 Å². The highest BCUT2D eigenvalue weighted by Crippen LogP contribution is 2.22. The number of carbonyl (C=O) groups excluding carboxylic acids is 1. The van der Waals surface area contributed by atoms with Crippen LogP contribution in [0.25, 0.3) is 0 Å². The second-order valence-electron chi connectivity index (χ2n) is 5.92. The molecule has 0 fully saturated rings. The Kier molecular flexibility index (Phi) is 9.56. The Morgan fingerprint density at radius 2 is 1.73 bits per heavy atom. The van der Waals surface area contributed by atoms with Gasteiger partial charge in [0, 0.05) is 12.5 Å². The Hall–Kier alpha value is -1.35. The number of likely N-dealkylation sites (N-methyl/N-ethyl adjacent to an activating group) is 1. The third-order valence-corrected chi connectivity index (χ3v) is 4.03. The van der Waals surface area contributed by atoms with Gasteiger partial charge >= 0.3 is 5.97 Å². The molecule has 0 aliphatic carbocycles. The maximum atomic E-state index is 12.1. The molecule has 1 aromatic rings. The Morgan fingerprint density at radius 1 is 1.09 bits per heavy atom. The third-order valence-electron chi connectivity index (χ3n) is 4.03. The summed E-state index contributed by atoms with van der Waals surface area (Å²) in [5.74, 6) is -0.0913. The van der Waals surface area contributed by atoms with Crippen LogP contribution in [0.2, 0.25) is 0 Å². The van der Waals surface area contributed by atoms with E-state index in [1.165, 1.54) is 25.7 Å². The molecule has 3 nitrogen and oxygen atoms in total. The fourth-order valence-corrected chi connectivity index (χ4v) is 2.50. The number of carbonyl (C=O) groups is 1. The van der Waals surface area contributed by atoms with E-state index >= 15 is 0 Å². The first-order valence-electron chi connectivity index (χ1n) is 8.60. The molecule has 0 saturated carbocycles. The second kappa shape index (κ2) is 11.2. The summed E-state index contributed by atoms with van der Waals surface area (Å²) in [4.78, 5) is 12.1. The molecule has 1 N–H and O–H groups in total. The molecular formula is C19H31NO2. The van der Waals surface area contributed by atoms with Crippen LogP contribution >= 0.6 is 0 Å². The van der Waals surface area contributed by atoms with Crippen molar-refractivity contribution in [1.29, 1.82) is 0 Å². The van der Waals surface area contributed by atoms with Crippen LogP contribution in [0.3, 0.4) is 0 Å². The summed E-state index contributed by atoms with van der Waals surface area (Å²) in [6, 6.07) is 10.0. The van der Waals surface area contributed by atoms with Crippen molar-refractivity contribution in [3.63, 3.8) is 0 Å². The fourth-order valence-electron chi connectivity index (χ4n) is 2.50. The number of unbranched alkanes of at least 4 members (excludes halogenated alkanes) is 5. The van der Waals surface area contributed by atoms with E-state index in [9.17, 15) is 4.79 Å². The third kappa shape index (κ3) is 7.08. The smallest absolute Gasteiger partial charge is 0.306 e. The predicted molar refractivity (Wildman–Crippen MR) is 91.8 cm³/mol. The summed E-state index contributed by atoms with van der Waals surface area (Å²) in [5.41, 5.74) is 1.04. The highest BCUT2D eigenvalue weighted by atomic mass is 16.5. The zero-order valence-corrected chi connectivity index (χ0v) is 14.3. The van der Waals surface area contributed by atoms with Gasteiger partial charge in [-0.15, -0.1) is 0 Å². The van der Waals surface area contributed by atoms with Gasteiger partial charge in [0.1, 0.15) is 6.10 Å². The average Bonchev–Trinajstić information content (AvgIpc) is 2.56. The molecule has 0 saturated heterocycles. The summed E-state index contributed by atoms with van der Waals surface area (Å²) in [6.45, 7) is 4.25. The molecule has 124 valence electrons. The van der Waals surface area contributed by atoms with Crippen LogP contribution in [-0.2, 0) is 9.53 Å². The van der Waals surface area contributed by atoms with Crippen molar-refractivity contribution >= 4 is 5.97 Å². The molecule has 0 radical (unpaired) electrons. The Labute approximate surface area is 135 Å². The largest absolute Gasteiger partial charge is 0.456 e. The molecule has 2 atom stereocenters. The normalized spacial score (nSPS) is 13.6. The average molecular weight is 305 g/mol. The van der Waals surface area contributed by atoms with Crippen molar-refractivity contribution in [2.75, 3.05) is 7.05 Å². The standard InChI is InChI=1S/C19H31NO2/c1-4-5-6-7-8-12-15-18(21)22-19(16(2)20-3)17-13-10-9-11-14-17/h9-11,13-14,16,19-20H,4-8,12,15H2,1-3H3/t16-,19-/m1/s1. The number of benzene rings is 1. The molecule has 1 rings (SSSR count). The zero-order valence-electron chi connectivity index (χ0n) is 14.3. The first kappa shape index (κ1) is 18.7. The maximum Gasteiger partial charge on any atom is 0.306 e. The lowest BCUT2D eigenvalue weighted by Crippen LogP contribution is -2.32. The van der Waals surface area contributed by atoms with Gasteiger partial charge in [-0.05, 0) is 26.0 Å². The minimum atomic E-state index is -0.223. The monoisotopic (exact) mass is 305 g/mol. The van der Waals surface area contributed by atoms with E-state index < -0.39 is 0 Å². The van der Waals surface area contributed by atoms with Crippen LogP contribution in [0.4, 0.5) is 0 Å². The van der Waals surface area contributed by atoms with Crippen molar-refractivity contribution in [3.8, 4) is 0 Å². The number of nitrogens with one attached hydrogen (secondary N) is 1. The predicted octanol–water partition coefficient (Wildman–Crippen LogP) is 4.63. The van der Waals surface area contributed by atoms with Crippen molar-refractivity contribution in [3.05, 3.63) is 35.9 Å². The van der Waals surface area contributed by atoms with E-state index in [4.69, 9.17) is 4.74 Å². The fraction of sp³-hybridized carbons (Fsp3) is 0.632. The Morgan fingerprint density at radius 3 is 2.36 bits per heavy atom. The molecule has 0 unspecified atom stereocenters. The van der Waals surface area contributed by atoms with Crippen LogP contribution in [0.5, 0.6) is 0 Å². The van der Waals surface area contributed by atoms with Crippen LogP contribution in [0.1, 0.15) is 70.5 Å². The topological polar surface area (TPSA) is 38.3 Å². The molecule has 3 heteroatoms. The first-order valence-corrected chi connectivity index (χ1v) is 8.60. The lowest BCUT2D eigenvalue weighted by molar-refractivity contribution is -0.151. The molecule has 22 heavy (non-hydrogen) atoms. The van der Waals surface area contributed by atoms with E-state index in [0.717, 1.165) is 18.4 Å². The van der Waals surface area contributed by atoms with E-state index in [0.29, 0.717) is 6.42 Å². The molecule has 0 aromatic heterocycles. The highest BCUT2D eigenvalue weighted by molar-refractivity contribution is 5.69. The maximum absolute atomic E-state index is 12.1. The molecule has 0 aliphatic heterocycles. The van der Waals surface area contributed by atoms with Crippen LogP contribution < -0.4 is 5.32 Å². The van der Waals surface area contributed by atoms with E-state index in [2.05, 4.69) is 12.2 Å². The summed E-state index contributed by atoms with van der Waals surface area (Å²) < 4.78 is 5.72. The number of esters is 1. The molecule has 0 amide bonds. The van der Waals surface area contributed by atoms with E-state index in [1.807, 2.05) is 44.3 Å². The van der Waals surface area contributed by atoms with Gasteiger partial charge in [-0.2, -0.15) is 0 Å². The lowest BCUT2D eigenvalue weighted by Gasteiger charge is -2.24. The van der Waals surface area contributed by atoms with Crippen LogP contribution in [-0.4, -0.2) is 19.1 Å². The van der Waals surface area contributed by atoms with E-state index in [1.54, 1.807) is 0 Å². The number of hydrogen-bond acceptors (Lipinski definition) is 3. The van der Waals surface area contributed by atoms with Gasteiger partial charge in [-0.3, -0.25) is 4.79 Å². The number of rotatable bonds is 11. The summed E-state index contributed by atoms with van der Waals surface area (Å²) in [7, 11) is 1.89. The van der Waals surface area contributed by atoms with E-state index in [-0.39, 0.29) is 18.1 Å². The molecule has 0 spiro atoms. The molecule has 0 heterocycles. The Bertz CT molecular complexity index is 405. The van der Waals surface area contributed by atoms with Gasteiger partial charge in [-0.1, -0.05) is 69.4 Å². The summed E-state index contributed by atoms with van der Waals surface area (Å²) >= 11 is 0. The van der Waals surface area contributed by atoms with Crippen molar-refractivity contribution in [1.82, 2.24) is 5.32 Å². The van der Waals surface area contributed by atoms with Gasteiger partial charge in [0.2, 0.25) is 0 Å². The van der Waals surface area contributed by atoms with Gasteiger partial charge in [-0.25, -0.2) is 0 Å². The number of ether oxygens (including phenoxy) is 1. The minimum Gasteiger partial charge on any atom is -0.456 e. The first-order chi connectivity index (χ1) is 10.7. The molecule has 0 bridgehead atoms. The van der Waals surface area contributed by atoms with Crippen LogP contribution in [0, 0.1) is 0 Å². The highest BCUT2D eigenvalue weighted by Gasteiger charge is 2.21. The zero-order chi connectivity index (χ0) is 16.2.